The Labute approximate surface area is 264 Å². The summed E-state index contributed by atoms with van der Waals surface area (Å²) in [6, 6.07) is 55.6. The summed E-state index contributed by atoms with van der Waals surface area (Å²) in [6.07, 6.45) is 2.12. The van der Waals surface area contributed by atoms with Gasteiger partial charge >= 0.3 is 0 Å². The predicted molar refractivity (Wildman–Crippen MR) is 188 cm³/mol. The first-order valence-electron chi connectivity index (χ1n) is 15.4. The average molecular weight is 591 g/mol. The minimum absolute atomic E-state index is 0.400. The number of hydrogen-bond donors (Lipinski definition) is 0. The van der Waals surface area contributed by atoms with Crippen molar-refractivity contribution in [1.29, 1.82) is 0 Å². The SMILES string of the molecule is c1ccc(C2(c3ccc(-c4cc5c(nc6ccccn65)c5sc6ccccc6c45)cc3)c3ccccc3-c3ccccc32)cc1. The Morgan fingerprint density at radius 2 is 1.20 bits per heavy atom. The van der Waals surface area contributed by atoms with E-state index in [1.54, 1.807) is 0 Å². The zero-order valence-electron chi connectivity index (χ0n) is 24.3. The minimum Gasteiger partial charge on any atom is -0.300 e. The second-order valence-corrected chi connectivity index (χ2v) is 13.0. The molecule has 210 valence electrons. The van der Waals surface area contributed by atoms with Gasteiger partial charge in [0, 0.05) is 21.7 Å². The summed E-state index contributed by atoms with van der Waals surface area (Å²) in [5.41, 5.74) is 13.1. The summed E-state index contributed by atoms with van der Waals surface area (Å²) in [5, 5.41) is 2.57. The molecule has 0 atom stereocenters. The maximum Gasteiger partial charge on any atom is 0.137 e. The molecule has 0 spiro atoms. The van der Waals surface area contributed by atoms with Crippen LogP contribution in [0.3, 0.4) is 0 Å². The molecule has 0 radical (unpaired) electrons. The number of thiophene rings is 1. The van der Waals surface area contributed by atoms with Gasteiger partial charge in [-0.1, -0.05) is 127 Å². The average Bonchev–Trinajstić information content (AvgIpc) is 3.77. The van der Waals surface area contributed by atoms with Gasteiger partial charge in [0.05, 0.1) is 15.6 Å². The van der Waals surface area contributed by atoms with Crippen molar-refractivity contribution in [1.82, 2.24) is 9.38 Å². The fraction of sp³-hybridized carbons (Fsp3) is 0.0238. The van der Waals surface area contributed by atoms with Crippen LogP contribution in [-0.2, 0) is 5.41 Å². The van der Waals surface area contributed by atoms with Crippen LogP contribution in [0.4, 0.5) is 0 Å². The zero-order chi connectivity index (χ0) is 29.5. The smallest absolute Gasteiger partial charge is 0.137 e. The summed E-state index contributed by atoms with van der Waals surface area (Å²) >= 11 is 1.84. The van der Waals surface area contributed by atoms with E-state index in [0.29, 0.717) is 0 Å². The minimum atomic E-state index is -0.400. The predicted octanol–water partition coefficient (Wildman–Crippen LogP) is 10.9. The van der Waals surface area contributed by atoms with E-state index in [-0.39, 0.29) is 0 Å². The molecule has 1 aliphatic rings. The van der Waals surface area contributed by atoms with Crippen molar-refractivity contribution in [2.24, 2.45) is 0 Å². The van der Waals surface area contributed by atoms with Crippen molar-refractivity contribution in [3.8, 4) is 22.3 Å². The number of aromatic nitrogens is 2. The summed E-state index contributed by atoms with van der Waals surface area (Å²) in [7, 11) is 0. The Bertz CT molecular complexity index is 2540. The first-order valence-corrected chi connectivity index (χ1v) is 16.2. The van der Waals surface area contributed by atoms with Gasteiger partial charge in [0.2, 0.25) is 0 Å². The van der Waals surface area contributed by atoms with Crippen LogP contribution in [0.25, 0.3) is 59.1 Å². The van der Waals surface area contributed by atoms with Crippen molar-refractivity contribution in [3.05, 3.63) is 180 Å². The molecule has 0 fully saturated rings. The van der Waals surface area contributed by atoms with Gasteiger partial charge in [-0.15, -0.1) is 11.3 Å². The molecule has 0 bridgehead atoms. The van der Waals surface area contributed by atoms with Crippen molar-refractivity contribution < 1.29 is 0 Å². The number of imidazole rings is 1. The number of hydrogen-bond acceptors (Lipinski definition) is 2. The highest BCUT2D eigenvalue weighted by Gasteiger charge is 2.45. The van der Waals surface area contributed by atoms with Gasteiger partial charge < -0.3 is 0 Å². The largest absolute Gasteiger partial charge is 0.300 e. The molecule has 0 N–H and O–H groups in total. The van der Waals surface area contributed by atoms with Gasteiger partial charge in [0.25, 0.3) is 0 Å². The molecular formula is C42H26N2S. The lowest BCUT2D eigenvalue weighted by Crippen LogP contribution is -2.28. The Balaban J connectivity index is 1.26. The molecule has 0 amide bonds. The second-order valence-electron chi connectivity index (χ2n) is 11.9. The van der Waals surface area contributed by atoms with Crippen LogP contribution in [0.15, 0.2) is 158 Å². The molecule has 3 aromatic heterocycles. The van der Waals surface area contributed by atoms with E-state index < -0.39 is 5.41 Å². The maximum atomic E-state index is 5.10. The molecule has 2 nitrogen and oxygen atoms in total. The Hall–Kier alpha value is -5.51. The summed E-state index contributed by atoms with van der Waals surface area (Å²) in [4.78, 5) is 5.10. The van der Waals surface area contributed by atoms with Crippen LogP contribution in [0.1, 0.15) is 22.3 Å². The fourth-order valence-corrected chi connectivity index (χ4v) is 9.06. The molecule has 1 aliphatic carbocycles. The number of pyridine rings is 1. The molecule has 0 saturated heterocycles. The quantitative estimate of drug-likeness (QED) is 0.200. The molecule has 10 rings (SSSR count). The van der Waals surface area contributed by atoms with Gasteiger partial charge in [0.15, 0.2) is 0 Å². The van der Waals surface area contributed by atoms with Crippen molar-refractivity contribution in [2.45, 2.75) is 5.41 Å². The second kappa shape index (κ2) is 9.25. The van der Waals surface area contributed by atoms with Crippen LogP contribution in [0, 0.1) is 0 Å². The van der Waals surface area contributed by atoms with E-state index >= 15 is 0 Å². The van der Waals surface area contributed by atoms with Gasteiger partial charge in [-0.25, -0.2) is 4.98 Å². The van der Waals surface area contributed by atoms with E-state index in [2.05, 4.69) is 162 Å². The topological polar surface area (TPSA) is 17.3 Å². The van der Waals surface area contributed by atoms with Gasteiger partial charge in [-0.2, -0.15) is 0 Å². The van der Waals surface area contributed by atoms with Gasteiger partial charge in [-0.05, 0) is 68.8 Å². The fourth-order valence-electron chi connectivity index (χ4n) is 7.85. The summed E-state index contributed by atoms with van der Waals surface area (Å²) in [5.74, 6) is 0. The van der Waals surface area contributed by atoms with E-state index in [1.165, 1.54) is 64.7 Å². The molecule has 3 heterocycles. The maximum absolute atomic E-state index is 5.10. The number of rotatable bonds is 3. The number of nitrogens with zero attached hydrogens (tertiary/aromatic N) is 2. The van der Waals surface area contributed by atoms with E-state index in [4.69, 9.17) is 4.98 Å². The van der Waals surface area contributed by atoms with Crippen LogP contribution >= 0.6 is 11.3 Å². The van der Waals surface area contributed by atoms with Gasteiger partial charge in [0.1, 0.15) is 11.2 Å². The van der Waals surface area contributed by atoms with Gasteiger partial charge in [-0.3, -0.25) is 4.40 Å². The lowest BCUT2D eigenvalue weighted by atomic mass is 9.67. The highest BCUT2D eigenvalue weighted by Crippen LogP contribution is 2.56. The molecule has 0 aliphatic heterocycles. The Morgan fingerprint density at radius 1 is 0.556 bits per heavy atom. The number of fused-ring (bicyclic) bond motifs is 10. The lowest BCUT2D eigenvalue weighted by molar-refractivity contribution is 0.768. The van der Waals surface area contributed by atoms with E-state index in [0.717, 1.165) is 16.7 Å². The van der Waals surface area contributed by atoms with Crippen LogP contribution in [-0.4, -0.2) is 9.38 Å². The third-order valence-corrected chi connectivity index (χ3v) is 10.9. The first-order chi connectivity index (χ1) is 22.3. The van der Waals surface area contributed by atoms with Crippen LogP contribution in [0.5, 0.6) is 0 Å². The third-order valence-electron chi connectivity index (χ3n) is 9.72. The highest BCUT2D eigenvalue weighted by molar-refractivity contribution is 7.26. The van der Waals surface area contributed by atoms with Crippen LogP contribution in [0.2, 0.25) is 0 Å². The van der Waals surface area contributed by atoms with E-state index in [1.807, 2.05) is 11.3 Å². The number of benzene rings is 6. The highest BCUT2D eigenvalue weighted by atomic mass is 32.1. The van der Waals surface area contributed by atoms with Crippen molar-refractivity contribution >= 4 is 48.2 Å². The molecule has 45 heavy (non-hydrogen) atoms. The third kappa shape index (κ3) is 3.31. The van der Waals surface area contributed by atoms with Crippen molar-refractivity contribution in [3.63, 3.8) is 0 Å². The van der Waals surface area contributed by atoms with E-state index in [9.17, 15) is 0 Å². The molecule has 6 aromatic carbocycles. The molecule has 9 aromatic rings. The standard InChI is InChI=1S/C42H26N2S/c1-2-12-28(13-3-1)42(34-17-7-4-14-30(34)31-15-5-8-18-35(31)42)29-23-21-27(22-24-29)33-26-36-40(43-38-20-10-11-25-44(36)38)41-39(33)32-16-6-9-19-37(32)45-41/h1-26H. The monoisotopic (exact) mass is 590 g/mol. The normalized spacial score (nSPS) is 13.5. The summed E-state index contributed by atoms with van der Waals surface area (Å²) < 4.78 is 4.75. The molecule has 3 heteroatoms. The zero-order valence-corrected chi connectivity index (χ0v) is 25.1. The molecular weight excluding hydrogens is 565 g/mol. The van der Waals surface area contributed by atoms with Crippen LogP contribution < -0.4 is 0 Å². The Kier molecular flexibility index (Phi) is 5.11. The molecule has 0 saturated carbocycles. The van der Waals surface area contributed by atoms with Crippen molar-refractivity contribution in [2.75, 3.05) is 0 Å². The molecule has 0 unspecified atom stereocenters. The lowest BCUT2D eigenvalue weighted by Gasteiger charge is -2.34. The Morgan fingerprint density at radius 3 is 1.98 bits per heavy atom. The summed E-state index contributed by atoms with van der Waals surface area (Å²) in [6.45, 7) is 0. The first kappa shape index (κ1) is 24.9.